The molecule has 22 heavy (non-hydrogen) atoms. The second kappa shape index (κ2) is 5.98. The fourth-order valence-corrected chi connectivity index (χ4v) is 2.78. The number of carboxylic acids is 1. The Balaban J connectivity index is 2.05. The van der Waals surface area contributed by atoms with E-state index in [1.807, 2.05) is 42.5 Å². The molecule has 3 aromatic carbocycles. The molecule has 1 unspecified atom stereocenters. The van der Waals surface area contributed by atoms with E-state index < -0.39 is 11.9 Å². The van der Waals surface area contributed by atoms with Crippen LogP contribution in [0.5, 0.6) is 0 Å². The van der Waals surface area contributed by atoms with Gasteiger partial charge in [0, 0.05) is 0 Å². The molecular formula is C19H15FO2. The van der Waals surface area contributed by atoms with E-state index in [4.69, 9.17) is 0 Å². The molecule has 1 N–H and O–H groups in total. The Morgan fingerprint density at radius 2 is 1.73 bits per heavy atom. The zero-order chi connectivity index (χ0) is 15.5. The van der Waals surface area contributed by atoms with Gasteiger partial charge in [0.05, 0.1) is 5.92 Å². The lowest BCUT2D eigenvalue weighted by molar-refractivity contribution is -0.138. The lowest BCUT2D eigenvalue weighted by atomic mass is 9.88. The molecule has 110 valence electrons. The number of aliphatic carboxylic acids is 1. The van der Waals surface area contributed by atoms with E-state index in [2.05, 4.69) is 0 Å². The molecular weight excluding hydrogens is 279 g/mol. The summed E-state index contributed by atoms with van der Waals surface area (Å²) in [4.78, 5) is 11.7. The first-order valence-corrected chi connectivity index (χ1v) is 7.10. The number of hydrogen-bond donors (Lipinski definition) is 1. The van der Waals surface area contributed by atoms with Crippen LogP contribution in [0.2, 0.25) is 0 Å². The molecule has 0 amide bonds. The number of fused-ring (bicyclic) bond motifs is 1. The molecule has 0 fully saturated rings. The zero-order valence-electron chi connectivity index (χ0n) is 11.9. The van der Waals surface area contributed by atoms with Crippen molar-refractivity contribution < 1.29 is 14.3 Å². The Hall–Kier alpha value is -2.68. The molecule has 0 aliphatic rings. The van der Waals surface area contributed by atoms with Crippen molar-refractivity contribution in [1.29, 1.82) is 0 Å². The van der Waals surface area contributed by atoms with Crippen molar-refractivity contribution in [2.24, 2.45) is 0 Å². The topological polar surface area (TPSA) is 37.3 Å². The molecule has 1 atom stereocenters. The Bertz CT molecular complexity index is 821. The van der Waals surface area contributed by atoms with Crippen molar-refractivity contribution in [3.63, 3.8) is 0 Å². The summed E-state index contributed by atoms with van der Waals surface area (Å²) < 4.78 is 13.3. The van der Waals surface area contributed by atoms with Gasteiger partial charge in [-0.25, -0.2) is 4.39 Å². The van der Waals surface area contributed by atoms with Crippen LogP contribution in [-0.4, -0.2) is 11.1 Å². The fraction of sp³-hybridized carbons (Fsp3) is 0.105. The van der Waals surface area contributed by atoms with Gasteiger partial charge in [0.15, 0.2) is 0 Å². The summed E-state index contributed by atoms with van der Waals surface area (Å²) in [5.74, 6) is -1.95. The quantitative estimate of drug-likeness (QED) is 0.775. The minimum absolute atomic E-state index is 0.265. The Kier molecular flexibility index (Phi) is 3.88. The zero-order valence-corrected chi connectivity index (χ0v) is 11.9. The van der Waals surface area contributed by atoms with Gasteiger partial charge in [-0.3, -0.25) is 4.79 Å². The Labute approximate surface area is 127 Å². The van der Waals surface area contributed by atoms with Crippen molar-refractivity contribution in [1.82, 2.24) is 0 Å². The van der Waals surface area contributed by atoms with Crippen molar-refractivity contribution in [3.8, 4) is 0 Å². The van der Waals surface area contributed by atoms with Crippen LogP contribution in [0.3, 0.4) is 0 Å². The third-order valence-corrected chi connectivity index (χ3v) is 3.83. The van der Waals surface area contributed by atoms with Crippen molar-refractivity contribution in [3.05, 3.63) is 83.7 Å². The van der Waals surface area contributed by atoms with E-state index in [1.165, 1.54) is 12.1 Å². The number of carbonyl (C=O) groups is 1. The van der Waals surface area contributed by atoms with E-state index in [0.29, 0.717) is 5.56 Å². The van der Waals surface area contributed by atoms with Crippen molar-refractivity contribution in [2.45, 2.75) is 12.3 Å². The third-order valence-electron chi connectivity index (χ3n) is 3.83. The highest BCUT2D eigenvalue weighted by atomic mass is 19.1. The minimum Gasteiger partial charge on any atom is -0.481 e. The van der Waals surface area contributed by atoms with Crippen LogP contribution < -0.4 is 0 Å². The van der Waals surface area contributed by atoms with E-state index in [0.717, 1.165) is 16.3 Å². The third kappa shape index (κ3) is 2.84. The maximum absolute atomic E-state index is 13.3. The van der Waals surface area contributed by atoms with Crippen LogP contribution in [0.1, 0.15) is 17.0 Å². The van der Waals surface area contributed by atoms with Crippen LogP contribution in [0.15, 0.2) is 66.7 Å². The normalized spacial score (nSPS) is 12.2. The summed E-state index contributed by atoms with van der Waals surface area (Å²) in [6.07, 6.45) is 0.265. The molecule has 2 nitrogen and oxygen atoms in total. The number of benzene rings is 3. The first-order chi connectivity index (χ1) is 10.6. The molecule has 3 heteroatoms. The Morgan fingerprint density at radius 1 is 1.00 bits per heavy atom. The summed E-state index contributed by atoms with van der Waals surface area (Å²) in [5, 5.41) is 11.6. The minimum atomic E-state index is -0.902. The van der Waals surface area contributed by atoms with Gasteiger partial charge in [0.25, 0.3) is 0 Å². The molecule has 3 rings (SSSR count). The molecule has 0 bridgehead atoms. The highest BCUT2D eigenvalue weighted by Gasteiger charge is 2.22. The van der Waals surface area contributed by atoms with E-state index in [-0.39, 0.29) is 12.2 Å². The summed E-state index contributed by atoms with van der Waals surface area (Å²) >= 11 is 0. The summed E-state index contributed by atoms with van der Waals surface area (Å²) in [7, 11) is 0. The van der Waals surface area contributed by atoms with Crippen molar-refractivity contribution >= 4 is 16.7 Å². The average molecular weight is 294 g/mol. The first-order valence-electron chi connectivity index (χ1n) is 7.10. The summed E-state index contributed by atoms with van der Waals surface area (Å²) in [6, 6.07) is 19.5. The number of rotatable bonds is 4. The second-order valence-electron chi connectivity index (χ2n) is 5.29. The smallest absolute Gasteiger partial charge is 0.311 e. The molecule has 0 saturated heterocycles. The van der Waals surface area contributed by atoms with E-state index in [9.17, 15) is 14.3 Å². The summed E-state index contributed by atoms with van der Waals surface area (Å²) in [6.45, 7) is 0. The average Bonchev–Trinajstić information content (AvgIpc) is 2.52. The maximum Gasteiger partial charge on any atom is 0.311 e. The predicted molar refractivity (Wildman–Crippen MR) is 84.4 cm³/mol. The second-order valence-corrected chi connectivity index (χ2v) is 5.29. The van der Waals surface area contributed by atoms with Crippen molar-refractivity contribution in [2.75, 3.05) is 0 Å². The SMILES string of the molecule is O=C(O)C(Cc1cccc(F)c1)c1cccc2ccccc12. The molecule has 0 spiro atoms. The highest BCUT2D eigenvalue weighted by molar-refractivity contribution is 5.90. The maximum atomic E-state index is 13.3. The largest absolute Gasteiger partial charge is 0.481 e. The molecule has 0 heterocycles. The van der Waals surface area contributed by atoms with Gasteiger partial charge in [-0.15, -0.1) is 0 Å². The lowest BCUT2D eigenvalue weighted by Crippen LogP contribution is -2.15. The molecule has 3 aromatic rings. The van der Waals surface area contributed by atoms with Gasteiger partial charge >= 0.3 is 5.97 Å². The molecule has 0 aliphatic heterocycles. The standard InChI is InChI=1S/C19H15FO2/c20-15-8-3-5-13(11-15)12-18(19(21)22)17-10-4-7-14-6-1-2-9-16(14)17/h1-11,18H,12H2,(H,21,22). The van der Waals surface area contributed by atoms with Gasteiger partial charge in [-0.1, -0.05) is 54.6 Å². The lowest BCUT2D eigenvalue weighted by Gasteiger charge is -2.15. The van der Waals surface area contributed by atoms with Gasteiger partial charge in [-0.2, -0.15) is 0 Å². The number of hydrogen-bond acceptors (Lipinski definition) is 1. The number of halogens is 1. The van der Waals surface area contributed by atoms with Gasteiger partial charge in [-0.05, 0) is 40.5 Å². The van der Waals surface area contributed by atoms with Crippen LogP contribution in [0.25, 0.3) is 10.8 Å². The van der Waals surface area contributed by atoms with Gasteiger partial charge in [0.2, 0.25) is 0 Å². The number of carboxylic acid groups (broad SMARTS) is 1. The van der Waals surface area contributed by atoms with Crippen LogP contribution in [-0.2, 0) is 11.2 Å². The fourth-order valence-electron chi connectivity index (χ4n) is 2.78. The molecule has 0 saturated carbocycles. The molecule has 0 aromatic heterocycles. The van der Waals surface area contributed by atoms with E-state index in [1.54, 1.807) is 12.1 Å². The highest BCUT2D eigenvalue weighted by Crippen LogP contribution is 2.28. The van der Waals surface area contributed by atoms with E-state index >= 15 is 0 Å². The summed E-state index contributed by atoms with van der Waals surface area (Å²) in [5.41, 5.74) is 1.44. The molecule has 0 radical (unpaired) electrons. The first kappa shape index (κ1) is 14.3. The van der Waals surface area contributed by atoms with Gasteiger partial charge < -0.3 is 5.11 Å². The van der Waals surface area contributed by atoms with Gasteiger partial charge in [0.1, 0.15) is 5.82 Å². The molecule has 0 aliphatic carbocycles. The predicted octanol–water partition coefficient (Wildman–Crippen LogP) is 4.39. The Morgan fingerprint density at radius 3 is 2.50 bits per heavy atom. The van der Waals surface area contributed by atoms with Crippen LogP contribution in [0.4, 0.5) is 4.39 Å². The monoisotopic (exact) mass is 294 g/mol. The van der Waals surface area contributed by atoms with Crippen LogP contribution in [0, 0.1) is 5.82 Å². The van der Waals surface area contributed by atoms with Crippen LogP contribution >= 0.6 is 0 Å².